The van der Waals surface area contributed by atoms with Crippen LogP contribution in [0.15, 0.2) is 33.9 Å². The summed E-state index contributed by atoms with van der Waals surface area (Å²) in [6.07, 6.45) is 0.377. The van der Waals surface area contributed by atoms with Crippen LogP contribution in [0.2, 0.25) is 0 Å². The number of aromatic amines is 1. The average molecular weight is 418 g/mol. The van der Waals surface area contributed by atoms with E-state index in [0.29, 0.717) is 23.3 Å². The molecule has 0 saturated heterocycles. The van der Waals surface area contributed by atoms with Crippen molar-refractivity contribution in [2.45, 2.75) is 19.9 Å². The van der Waals surface area contributed by atoms with Gasteiger partial charge < -0.3 is 14.6 Å². The largest absolute Gasteiger partial charge is 0.494 e. The molecule has 9 nitrogen and oxygen atoms in total. The van der Waals surface area contributed by atoms with Crippen molar-refractivity contribution in [3.63, 3.8) is 0 Å². The molecule has 3 aromatic rings. The van der Waals surface area contributed by atoms with Crippen molar-refractivity contribution in [3.05, 3.63) is 61.1 Å². The van der Waals surface area contributed by atoms with E-state index in [0.717, 1.165) is 15.9 Å². The highest BCUT2D eigenvalue weighted by atomic mass is 32.1. The molecule has 0 atom stereocenters. The SMILES string of the molecule is COC(=O)c1ccc(OCCCn2c(=O)[nH]c3sc(C(=O)O)c(C)c3c2=O)cc1. The number of hydrogen-bond donors (Lipinski definition) is 2. The van der Waals surface area contributed by atoms with E-state index in [-0.39, 0.29) is 28.2 Å². The molecule has 10 heteroatoms. The number of aryl methyl sites for hydroxylation is 1. The summed E-state index contributed by atoms with van der Waals surface area (Å²) in [5, 5.41) is 9.42. The van der Waals surface area contributed by atoms with Crippen LogP contribution >= 0.6 is 11.3 Å². The second kappa shape index (κ2) is 8.31. The summed E-state index contributed by atoms with van der Waals surface area (Å²) < 4.78 is 11.2. The fourth-order valence-electron chi connectivity index (χ4n) is 2.88. The van der Waals surface area contributed by atoms with E-state index in [1.165, 1.54) is 7.11 Å². The zero-order chi connectivity index (χ0) is 21.1. The topological polar surface area (TPSA) is 128 Å². The Kier molecular flexibility index (Phi) is 5.83. The Bertz CT molecular complexity index is 1190. The number of esters is 1. The van der Waals surface area contributed by atoms with E-state index in [1.807, 2.05) is 0 Å². The smallest absolute Gasteiger partial charge is 0.346 e. The number of H-pyrrole nitrogens is 1. The quantitative estimate of drug-likeness (QED) is 0.444. The highest BCUT2D eigenvalue weighted by Crippen LogP contribution is 2.26. The summed E-state index contributed by atoms with van der Waals surface area (Å²) in [7, 11) is 1.30. The maximum Gasteiger partial charge on any atom is 0.346 e. The van der Waals surface area contributed by atoms with E-state index < -0.39 is 23.2 Å². The molecule has 2 N–H and O–H groups in total. The van der Waals surface area contributed by atoms with Crippen LogP contribution in [0.25, 0.3) is 10.2 Å². The Labute approximate surface area is 168 Å². The number of nitrogens with zero attached hydrogens (tertiary/aromatic N) is 1. The van der Waals surface area contributed by atoms with E-state index >= 15 is 0 Å². The number of fused-ring (bicyclic) bond motifs is 1. The normalized spacial score (nSPS) is 10.8. The Hall–Kier alpha value is -3.40. The fourth-order valence-corrected chi connectivity index (χ4v) is 3.90. The van der Waals surface area contributed by atoms with Crippen molar-refractivity contribution in [1.82, 2.24) is 9.55 Å². The molecule has 0 amide bonds. The number of carboxylic acids is 1. The van der Waals surface area contributed by atoms with E-state index in [1.54, 1.807) is 31.2 Å². The molecule has 0 aliphatic rings. The van der Waals surface area contributed by atoms with Crippen LogP contribution in [0.3, 0.4) is 0 Å². The zero-order valence-electron chi connectivity index (χ0n) is 15.7. The minimum Gasteiger partial charge on any atom is -0.494 e. The highest BCUT2D eigenvalue weighted by Gasteiger charge is 2.19. The summed E-state index contributed by atoms with van der Waals surface area (Å²) >= 11 is 0.873. The van der Waals surface area contributed by atoms with Crippen LogP contribution in [-0.4, -0.2) is 40.3 Å². The number of thiophene rings is 1. The number of benzene rings is 1. The summed E-state index contributed by atoms with van der Waals surface area (Å²) in [5.74, 6) is -1.04. The van der Waals surface area contributed by atoms with E-state index in [4.69, 9.17) is 4.74 Å². The molecule has 152 valence electrons. The first-order valence-corrected chi connectivity index (χ1v) is 9.45. The number of nitrogens with one attached hydrogen (secondary N) is 1. The number of aromatic nitrogens is 2. The van der Waals surface area contributed by atoms with Crippen LogP contribution in [0.4, 0.5) is 0 Å². The lowest BCUT2D eigenvalue weighted by atomic mass is 10.2. The number of rotatable bonds is 7. The molecule has 0 fully saturated rings. The first kappa shape index (κ1) is 20.3. The fraction of sp³-hybridized carbons (Fsp3) is 0.263. The molecular formula is C19H18N2O7S. The Morgan fingerprint density at radius 3 is 2.52 bits per heavy atom. The van der Waals surface area contributed by atoms with Crippen molar-refractivity contribution in [2.24, 2.45) is 0 Å². The number of aromatic carboxylic acids is 1. The number of carboxylic acid groups (broad SMARTS) is 1. The van der Waals surface area contributed by atoms with E-state index in [2.05, 4.69) is 9.72 Å². The van der Waals surface area contributed by atoms with Crippen LogP contribution in [0.1, 0.15) is 32.0 Å². The van der Waals surface area contributed by atoms with Gasteiger partial charge >= 0.3 is 17.6 Å². The number of carbonyl (C=O) groups is 2. The molecule has 0 aliphatic heterocycles. The van der Waals surface area contributed by atoms with Crippen LogP contribution < -0.4 is 16.0 Å². The van der Waals surface area contributed by atoms with Gasteiger partial charge in [-0.3, -0.25) is 14.3 Å². The second-order valence-corrected chi connectivity index (χ2v) is 7.19. The van der Waals surface area contributed by atoms with Crippen molar-refractivity contribution >= 4 is 33.5 Å². The molecule has 2 heterocycles. The summed E-state index contributed by atoms with van der Waals surface area (Å²) in [6.45, 7) is 1.90. The van der Waals surface area contributed by atoms with Gasteiger partial charge in [-0.1, -0.05) is 0 Å². The molecule has 1 aromatic carbocycles. The van der Waals surface area contributed by atoms with Gasteiger partial charge in [-0.05, 0) is 43.2 Å². The van der Waals surface area contributed by atoms with E-state index in [9.17, 15) is 24.3 Å². The van der Waals surface area contributed by atoms with Crippen LogP contribution in [-0.2, 0) is 11.3 Å². The van der Waals surface area contributed by atoms with Gasteiger partial charge in [0.1, 0.15) is 15.5 Å². The maximum atomic E-state index is 12.7. The Balaban J connectivity index is 1.70. The summed E-state index contributed by atoms with van der Waals surface area (Å²) in [5.41, 5.74) is -0.372. The highest BCUT2D eigenvalue weighted by molar-refractivity contribution is 7.20. The molecule has 3 rings (SSSR count). The third-order valence-electron chi connectivity index (χ3n) is 4.34. The van der Waals surface area contributed by atoms with Crippen molar-refractivity contribution < 1.29 is 24.2 Å². The third kappa shape index (κ3) is 4.06. The minimum absolute atomic E-state index is 0.0317. The molecule has 0 bridgehead atoms. The third-order valence-corrected chi connectivity index (χ3v) is 5.53. The Morgan fingerprint density at radius 2 is 1.90 bits per heavy atom. The number of methoxy groups -OCH3 is 1. The maximum absolute atomic E-state index is 12.7. The van der Waals surface area contributed by atoms with Crippen molar-refractivity contribution in [2.75, 3.05) is 13.7 Å². The summed E-state index contributed by atoms with van der Waals surface area (Å²) in [6, 6.07) is 6.40. The van der Waals surface area contributed by atoms with Crippen molar-refractivity contribution in [1.29, 1.82) is 0 Å². The van der Waals surface area contributed by atoms with Gasteiger partial charge in [0.25, 0.3) is 5.56 Å². The number of carbonyl (C=O) groups excluding carboxylic acids is 1. The van der Waals surface area contributed by atoms with Crippen LogP contribution in [0, 0.1) is 6.92 Å². The molecule has 29 heavy (non-hydrogen) atoms. The van der Waals surface area contributed by atoms with Gasteiger partial charge in [-0.2, -0.15) is 0 Å². The molecule has 0 spiro atoms. The van der Waals surface area contributed by atoms with Gasteiger partial charge in [-0.15, -0.1) is 11.3 Å². The molecule has 0 radical (unpaired) electrons. The average Bonchev–Trinajstić information content (AvgIpc) is 3.03. The molecule has 2 aromatic heterocycles. The predicted molar refractivity (Wildman–Crippen MR) is 106 cm³/mol. The first-order valence-electron chi connectivity index (χ1n) is 8.64. The summed E-state index contributed by atoms with van der Waals surface area (Å²) in [4.78, 5) is 50.4. The minimum atomic E-state index is -1.14. The van der Waals surface area contributed by atoms with Gasteiger partial charge in [0.15, 0.2) is 0 Å². The zero-order valence-corrected chi connectivity index (χ0v) is 16.5. The lowest BCUT2D eigenvalue weighted by molar-refractivity contribution is 0.0599. The van der Waals surface area contributed by atoms with Crippen molar-refractivity contribution in [3.8, 4) is 5.75 Å². The lowest BCUT2D eigenvalue weighted by Crippen LogP contribution is -2.35. The first-order chi connectivity index (χ1) is 13.8. The van der Waals surface area contributed by atoms with Gasteiger partial charge in [-0.25, -0.2) is 14.4 Å². The molecular weight excluding hydrogens is 400 g/mol. The second-order valence-electron chi connectivity index (χ2n) is 6.17. The molecule has 0 unspecified atom stereocenters. The van der Waals surface area contributed by atoms with Crippen LogP contribution in [0.5, 0.6) is 5.75 Å². The number of ether oxygens (including phenoxy) is 2. The molecule has 0 aliphatic carbocycles. The monoisotopic (exact) mass is 418 g/mol. The standard InChI is InChI=1S/C19H18N2O7S/c1-10-13-15(29-14(10)17(23)24)20-19(26)21(16(13)22)8-3-9-28-12-6-4-11(5-7-12)18(25)27-2/h4-7H,3,8-9H2,1-2H3,(H,20,26)(H,23,24). The predicted octanol–water partition coefficient (Wildman–Crippen LogP) is 2.01. The van der Waals surface area contributed by atoms with Gasteiger partial charge in [0.2, 0.25) is 0 Å². The Morgan fingerprint density at radius 1 is 1.21 bits per heavy atom. The lowest BCUT2D eigenvalue weighted by Gasteiger charge is -2.08. The number of hydrogen-bond acceptors (Lipinski definition) is 7. The van der Waals surface area contributed by atoms with Gasteiger partial charge in [0, 0.05) is 6.54 Å². The molecule has 0 saturated carbocycles. The van der Waals surface area contributed by atoms with Gasteiger partial charge in [0.05, 0.1) is 24.7 Å².